The Bertz CT molecular complexity index is 196. The number of esters is 1. The molecule has 1 saturated heterocycles. The fourth-order valence-electron chi connectivity index (χ4n) is 1.63. The van der Waals surface area contributed by atoms with Crippen molar-refractivity contribution in [3.8, 4) is 0 Å². The van der Waals surface area contributed by atoms with Gasteiger partial charge in [-0.15, -0.1) is 0 Å². The Kier molecular flexibility index (Phi) is 8.15. The summed E-state index contributed by atoms with van der Waals surface area (Å²) in [6.07, 6.45) is 6.47. The lowest BCUT2D eigenvalue weighted by Gasteiger charge is -2.07. The van der Waals surface area contributed by atoms with Gasteiger partial charge in [-0.25, -0.2) is 0 Å². The SMILES string of the molecule is COC(=O)CNCCCCCC1CCSS1. The predicted molar refractivity (Wildman–Crippen MR) is 71.8 cm³/mol. The van der Waals surface area contributed by atoms with Crippen molar-refractivity contribution in [3.05, 3.63) is 0 Å². The van der Waals surface area contributed by atoms with Crippen LogP contribution in [0.25, 0.3) is 0 Å². The van der Waals surface area contributed by atoms with Crippen LogP contribution in [0.3, 0.4) is 0 Å². The lowest BCUT2D eigenvalue weighted by Crippen LogP contribution is -2.24. The highest BCUT2D eigenvalue weighted by molar-refractivity contribution is 8.77. The molecule has 0 aromatic carbocycles. The lowest BCUT2D eigenvalue weighted by atomic mass is 10.1. The fourth-order valence-corrected chi connectivity index (χ4v) is 4.65. The summed E-state index contributed by atoms with van der Waals surface area (Å²) in [6, 6.07) is 0. The number of carbonyl (C=O) groups is 1. The zero-order valence-corrected chi connectivity index (χ0v) is 11.5. The van der Waals surface area contributed by atoms with E-state index in [1.807, 2.05) is 10.8 Å². The van der Waals surface area contributed by atoms with E-state index in [0.717, 1.165) is 18.2 Å². The molecule has 1 rings (SSSR count). The van der Waals surface area contributed by atoms with Crippen LogP contribution in [-0.2, 0) is 9.53 Å². The maximum Gasteiger partial charge on any atom is 0.319 e. The molecule has 0 aliphatic carbocycles. The van der Waals surface area contributed by atoms with Crippen molar-refractivity contribution in [2.24, 2.45) is 0 Å². The molecule has 1 atom stereocenters. The minimum absolute atomic E-state index is 0.181. The smallest absolute Gasteiger partial charge is 0.319 e. The Hall–Kier alpha value is 0.130. The number of nitrogens with one attached hydrogen (secondary N) is 1. The summed E-state index contributed by atoms with van der Waals surface area (Å²) in [5, 5.41) is 3.98. The molecular weight excluding hydrogens is 242 g/mol. The molecule has 1 heterocycles. The first-order valence-corrected chi connectivity index (χ1v) is 8.27. The summed E-state index contributed by atoms with van der Waals surface area (Å²) >= 11 is 0. The van der Waals surface area contributed by atoms with Crippen LogP contribution in [0.2, 0.25) is 0 Å². The van der Waals surface area contributed by atoms with Crippen molar-refractivity contribution in [1.29, 1.82) is 0 Å². The minimum Gasteiger partial charge on any atom is -0.468 e. The average molecular weight is 263 g/mol. The fraction of sp³-hybridized carbons (Fsp3) is 0.909. The molecule has 1 N–H and O–H groups in total. The number of carbonyl (C=O) groups excluding carboxylic acids is 1. The standard InChI is InChI=1S/C11H21NO2S2/c1-14-11(13)9-12-7-4-2-3-5-10-6-8-15-16-10/h10,12H,2-9H2,1H3. The number of rotatable bonds is 8. The summed E-state index contributed by atoms with van der Waals surface area (Å²) in [6.45, 7) is 1.26. The van der Waals surface area contributed by atoms with Crippen molar-refractivity contribution >= 4 is 27.6 Å². The van der Waals surface area contributed by atoms with Crippen LogP contribution < -0.4 is 5.32 Å². The first kappa shape index (κ1) is 14.2. The maximum absolute atomic E-state index is 10.8. The summed E-state index contributed by atoms with van der Waals surface area (Å²) in [5.41, 5.74) is 0. The molecule has 0 saturated carbocycles. The summed E-state index contributed by atoms with van der Waals surface area (Å²) in [5.74, 6) is 1.15. The van der Waals surface area contributed by atoms with Gasteiger partial charge in [0.2, 0.25) is 0 Å². The van der Waals surface area contributed by atoms with Crippen molar-refractivity contribution < 1.29 is 9.53 Å². The Labute approximate surface area is 106 Å². The van der Waals surface area contributed by atoms with Crippen LogP contribution in [0, 0.1) is 0 Å². The van der Waals surface area contributed by atoms with Gasteiger partial charge in [-0.1, -0.05) is 34.4 Å². The molecular formula is C11H21NO2S2. The van der Waals surface area contributed by atoms with Crippen LogP contribution in [-0.4, -0.2) is 37.2 Å². The third-order valence-corrected chi connectivity index (χ3v) is 5.61. The van der Waals surface area contributed by atoms with Crippen molar-refractivity contribution in [1.82, 2.24) is 5.32 Å². The molecule has 16 heavy (non-hydrogen) atoms. The number of hydrogen-bond donors (Lipinski definition) is 1. The van der Waals surface area contributed by atoms with Crippen molar-refractivity contribution in [2.75, 3.05) is 26.0 Å². The van der Waals surface area contributed by atoms with E-state index in [0.29, 0.717) is 6.54 Å². The number of hydrogen-bond acceptors (Lipinski definition) is 5. The van der Waals surface area contributed by atoms with E-state index >= 15 is 0 Å². The van der Waals surface area contributed by atoms with Crippen LogP contribution in [0.5, 0.6) is 0 Å². The van der Waals surface area contributed by atoms with Gasteiger partial charge in [0.15, 0.2) is 0 Å². The second-order valence-electron chi connectivity index (χ2n) is 3.93. The van der Waals surface area contributed by atoms with Crippen molar-refractivity contribution in [2.45, 2.75) is 37.4 Å². The lowest BCUT2D eigenvalue weighted by molar-refractivity contribution is -0.139. The van der Waals surface area contributed by atoms with E-state index < -0.39 is 0 Å². The second-order valence-corrected chi connectivity index (χ2v) is 6.72. The van der Waals surface area contributed by atoms with Gasteiger partial charge in [-0.05, 0) is 25.8 Å². The third-order valence-electron chi connectivity index (χ3n) is 2.60. The quantitative estimate of drug-likeness (QED) is 0.414. The van der Waals surface area contributed by atoms with Gasteiger partial charge >= 0.3 is 5.97 Å². The largest absolute Gasteiger partial charge is 0.468 e. The predicted octanol–water partition coefficient (Wildman–Crippen LogP) is 2.46. The first-order valence-electron chi connectivity index (χ1n) is 5.88. The van der Waals surface area contributed by atoms with Gasteiger partial charge in [-0.3, -0.25) is 4.79 Å². The zero-order chi connectivity index (χ0) is 11.6. The average Bonchev–Trinajstić information content (AvgIpc) is 2.80. The van der Waals surface area contributed by atoms with E-state index in [-0.39, 0.29) is 5.97 Å². The summed E-state index contributed by atoms with van der Waals surface area (Å²) in [4.78, 5) is 10.8. The molecule has 1 aliphatic rings. The van der Waals surface area contributed by atoms with Gasteiger partial charge in [0.1, 0.15) is 0 Å². The molecule has 94 valence electrons. The monoisotopic (exact) mass is 263 g/mol. The highest BCUT2D eigenvalue weighted by Gasteiger charge is 2.15. The van der Waals surface area contributed by atoms with Crippen LogP contribution in [0.4, 0.5) is 0 Å². The van der Waals surface area contributed by atoms with Gasteiger partial charge in [0.25, 0.3) is 0 Å². The second kappa shape index (κ2) is 9.19. The first-order chi connectivity index (χ1) is 7.83. The zero-order valence-electron chi connectivity index (χ0n) is 9.87. The van der Waals surface area contributed by atoms with E-state index in [2.05, 4.69) is 20.8 Å². The topological polar surface area (TPSA) is 38.3 Å². The highest BCUT2D eigenvalue weighted by atomic mass is 33.1. The molecule has 3 nitrogen and oxygen atoms in total. The molecule has 1 fully saturated rings. The van der Waals surface area contributed by atoms with E-state index in [1.54, 1.807) is 0 Å². The van der Waals surface area contributed by atoms with Crippen LogP contribution in [0.15, 0.2) is 0 Å². The van der Waals surface area contributed by atoms with Gasteiger partial charge in [0.05, 0.1) is 13.7 Å². The van der Waals surface area contributed by atoms with Gasteiger partial charge < -0.3 is 10.1 Å². The normalized spacial score (nSPS) is 19.9. The molecule has 0 spiro atoms. The number of ether oxygens (including phenoxy) is 1. The van der Waals surface area contributed by atoms with Gasteiger partial charge in [-0.2, -0.15) is 0 Å². The highest BCUT2D eigenvalue weighted by Crippen LogP contribution is 2.39. The Morgan fingerprint density at radius 3 is 3.00 bits per heavy atom. The van der Waals surface area contributed by atoms with Crippen molar-refractivity contribution in [3.63, 3.8) is 0 Å². The van der Waals surface area contributed by atoms with E-state index in [1.165, 1.54) is 38.5 Å². The Morgan fingerprint density at radius 2 is 2.31 bits per heavy atom. The van der Waals surface area contributed by atoms with Gasteiger partial charge in [0, 0.05) is 11.0 Å². The number of unbranched alkanes of at least 4 members (excludes halogenated alkanes) is 2. The molecule has 5 heteroatoms. The van der Waals surface area contributed by atoms with Crippen LogP contribution >= 0.6 is 21.6 Å². The Balaban J connectivity index is 1.79. The Morgan fingerprint density at radius 1 is 1.44 bits per heavy atom. The minimum atomic E-state index is -0.181. The maximum atomic E-state index is 10.8. The molecule has 1 aliphatic heterocycles. The number of methoxy groups -OCH3 is 1. The molecule has 0 aromatic heterocycles. The van der Waals surface area contributed by atoms with E-state index in [4.69, 9.17) is 0 Å². The molecule has 0 radical (unpaired) electrons. The molecule has 1 unspecified atom stereocenters. The van der Waals surface area contributed by atoms with E-state index in [9.17, 15) is 4.79 Å². The molecule has 0 amide bonds. The third kappa shape index (κ3) is 6.66. The molecule has 0 aromatic rings. The summed E-state index contributed by atoms with van der Waals surface area (Å²) < 4.78 is 4.54. The van der Waals surface area contributed by atoms with Crippen LogP contribution in [0.1, 0.15) is 32.1 Å². The summed E-state index contributed by atoms with van der Waals surface area (Å²) in [7, 11) is 5.49. The molecule has 0 bridgehead atoms.